The molecule has 2 rings (SSSR count). The van der Waals surface area contributed by atoms with Crippen molar-refractivity contribution in [2.24, 2.45) is 5.73 Å². The van der Waals surface area contributed by atoms with Crippen LogP contribution in [0.2, 0.25) is 5.02 Å². The molecular weight excluding hydrogens is 244 g/mol. The average molecular weight is 261 g/mol. The van der Waals surface area contributed by atoms with Gasteiger partial charge in [-0.3, -0.25) is 0 Å². The Kier molecular flexibility index (Phi) is 3.90. The standard InChI is InChI=1S/C15H17ClN2/c1-11-14(16)7-4-8-15(11)18(2)13-6-3-5-12(9-13)10-17/h3-9H,10,17H2,1-2H3. The van der Waals surface area contributed by atoms with E-state index in [1.807, 2.05) is 38.2 Å². The van der Waals surface area contributed by atoms with Gasteiger partial charge in [0.2, 0.25) is 0 Å². The van der Waals surface area contributed by atoms with Gasteiger partial charge in [-0.05, 0) is 42.3 Å². The maximum Gasteiger partial charge on any atom is 0.0455 e. The highest BCUT2D eigenvalue weighted by Crippen LogP contribution is 2.30. The molecule has 0 radical (unpaired) electrons. The van der Waals surface area contributed by atoms with Crippen LogP contribution in [0, 0.1) is 6.92 Å². The van der Waals surface area contributed by atoms with Crippen molar-refractivity contribution in [2.45, 2.75) is 13.5 Å². The lowest BCUT2D eigenvalue weighted by Crippen LogP contribution is -2.11. The van der Waals surface area contributed by atoms with Crippen molar-refractivity contribution in [2.75, 3.05) is 11.9 Å². The van der Waals surface area contributed by atoms with E-state index in [1.165, 1.54) is 0 Å². The predicted octanol–water partition coefficient (Wildman–Crippen LogP) is 3.88. The molecule has 0 aliphatic rings. The number of hydrogen-bond donors (Lipinski definition) is 1. The fraction of sp³-hybridized carbons (Fsp3) is 0.200. The molecule has 2 aromatic rings. The molecule has 0 heterocycles. The Labute approximate surface area is 113 Å². The molecule has 2 aromatic carbocycles. The summed E-state index contributed by atoms with van der Waals surface area (Å²) in [6.45, 7) is 2.58. The van der Waals surface area contributed by atoms with Crippen molar-refractivity contribution >= 4 is 23.0 Å². The van der Waals surface area contributed by atoms with E-state index in [2.05, 4.69) is 23.1 Å². The third-order valence-corrected chi connectivity index (χ3v) is 3.54. The molecule has 3 heteroatoms. The molecule has 0 amide bonds. The van der Waals surface area contributed by atoms with Crippen LogP contribution in [-0.2, 0) is 6.54 Å². The highest BCUT2D eigenvalue weighted by atomic mass is 35.5. The molecule has 2 N–H and O–H groups in total. The predicted molar refractivity (Wildman–Crippen MR) is 78.6 cm³/mol. The largest absolute Gasteiger partial charge is 0.344 e. The summed E-state index contributed by atoms with van der Waals surface area (Å²) in [6.07, 6.45) is 0. The van der Waals surface area contributed by atoms with Gasteiger partial charge >= 0.3 is 0 Å². The van der Waals surface area contributed by atoms with E-state index in [-0.39, 0.29) is 0 Å². The second-order valence-corrected chi connectivity index (χ2v) is 4.72. The summed E-state index contributed by atoms with van der Waals surface area (Å²) in [6, 6.07) is 14.2. The summed E-state index contributed by atoms with van der Waals surface area (Å²) < 4.78 is 0. The first-order valence-electron chi connectivity index (χ1n) is 5.91. The molecule has 0 aliphatic carbocycles. The van der Waals surface area contributed by atoms with Gasteiger partial charge in [-0.25, -0.2) is 0 Å². The lowest BCUT2D eigenvalue weighted by atomic mass is 10.1. The first-order valence-corrected chi connectivity index (χ1v) is 6.29. The second-order valence-electron chi connectivity index (χ2n) is 4.32. The SMILES string of the molecule is Cc1c(Cl)cccc1N(C)c1cccc(CN)c1. The zero-order valence-corrected chi connectivity index (χ0v) is 11.4. The molecular formula is C15H17ClN2. The number of rotatable bonds is 3. The van der Waals surface area contributed by atoms with E-state index in [9.17, 15) is 0 Å². The van der Waals surface area contributed by atoms with Crippen molar-refractivity contribution in [1.82, 2.24) is 0 Å². The van der Waals surface area contributed by atoms with Crippen molar-refractivity contribution in [1.29, 1.82) is 0 Å². The minimum atomic E-state index is 0.552. The molecule has 0 saturated carbocycles. The summed E-state index contributed by atoms with van der Waals surface area (Å²) >= 11 is 6.16. The van der Waals surface area contributed by atoms with E-state index in [0.29, 0.717) is 6.54 Å². The first-order chi connectivity index (χ1) is 8.63. The molecule has 0 saturated heterocycles. The van der Waals surface area contributed by atoms with E-state index in [1.54, 1.807) is 0 Å². The molecule has 0 spiro atoms. The van der Waals surface area contributed by atoms with Crippen LogP contribution in [0.15, 0.2) is 42.5 Å². The Balaban J connectivity index is 2.41. The number of anilines is 2. The van der Waals surface area contributed by atoms with Crippen LogP contribution < -0.4 is 10.6 Å². The van der Waals surface area contributed by atoms with Gasteiger partial charge in [-0.2, -0.15) is 0 Å². The zero-order chi connectivity index (χ0) is 13.1. The van der Waals surface area contributed by atoms with Gasteiger partial charge < -0.3 is 10.6 Å². The Bertz CT molecular complexity index is 552. The smallest absolute Gasteiger partial charge is 0.0455 e. The van der Waals surface area contributed by atoms with Crippen molar-refractivity contribution in [3.63, 3.8) is 0 Å². The normalized spacial score (nSPS) is 10.4. The molecule has 0 unspecified atom stereocenters. The Morgan fingerprint density at radius 2 is 1.89 bits per heavy atom. The third kappa shape index (κ3) is 2.50. The monoisotopic (exact) mass is 260 g/mol. The van der Waals surface area contributed by atoms with Gasteiger partial charge in [0, 0.05) is 30.0 Å². The van der Waals surface area contributed by atoms with E-state index < -0.39 is 0 Å². The van der Waals surface area contributed by atoms with Crippen LogP contribution >= 0.6 is 11.6 Å². The highest BCUT2D eigenvalue weighted by Gasteiger charge is 2.09. The van der Waals surface area contributed by atoms with E-state index >= 15 is 0 Å². The fourth-order valence-electron chi connectivity index (χ4n) is 1.99. The first kappa shape index (κ1) is 12.9. The Morgan fingerprint density at radius 1 is 1.17 bits per heavy atom. The minimum absolute atomic E-state index is 0.552. The molecule has 18 heavy (non-hydrogen) atoms. The molecule has 94 valence electrons. The summed E-state index contributed by atoms with van der Waals surface area (Å²) in [7, 11) is 2.04. The topological polar surface area (TPSA) is 29.3 Å². The zero-order valence-electron chi connectivity index (χ0n) is 10.7. The van der Waals surface area contributed by atoms with Gasteiger partial charge in [0.05, 0.1) is 0 Å². The molecule has 0 fully saturated rings. The maximum absolute atomic E-state index is 6.16. The van der Waals surface area contributed by atoms with Crippen molar-refractivity contribution < 1.29 is 0 Å². The third-order valence-electron chi connectivity index (χ3n) is 3.13. The lowest BCUT2D eigenvalue weighted by molar-refractivity contribution is 1.06. The molecule has 0 atom stereocenters. The van der Waals surface area contributed by atoms with E-state index in [0.717, 1.165) is 27.5 Å². The molecule has 0 bridgehead atoms. The average Bonchev–Trinajstić information content (AvgIpc) is 2.41. The summed E-state index contributed by atoms with van der Waals surface area (Å²) in [5, 5.41) is 0.786. The van der Waals surface area contributed by atoms with Crippen LogP contribution in [0.25, 0.3) is 0 Å². The maximum atomic E-state index is 6.16. The molecule has 0 aromatic heterocycles. The van der Waals surface area contributed by atoms with E-state index in [4.69, 9.17) is 17.3 Å². The lowest BCUT2D eigenvalue weighted by Gasteiger charge is -2.22. The number of halogens is 1. The van der Waals surface area contributed by atoms with Crippen LogP contribution in [0.3, 0.4) is 0 Å². The van der Waals surface area contributed by atoms with Gasteiger partial charge in [-0.1, -0.05) is 29.8 Å². The number of nitrogens with two attached hydrogens (primary N) is 1. The minimum Gasteiger partial charge on any atom is -0.344 e. The summed E-state index contributed by atoms with van der Waals surface area (Å²) in [5.41, 5.74) is 10.1. The second kappa shape index (κ2) is 5.42. The highest BCUT2D eigenvalue weighted by molar-refractivity contribution is 6.31. The Hall–Kier alpha value is -1.51. The van der Waals surface area contributed by atoms with Crippen LogP contribution in [0.4, 0.5) is 11.4 Å². The fourth-order valence-corrected chi connectivity index (χ4v) is 2.16. The summed E-state index contributed by atoms with van der Waals surface area (Å²) in [4.78, 5) is 2.13. The van der Waals surface area contributed by atoms with Crippen LogP contribution in [0.5, 0.6) is 0 Å². The number of hydrogen-bond acceptors (Lipinski definition) is 2. The van der Waals surface area contributed by atoms with Crippen molar-refractivity contribution in [3.05, 3.63) is 58.6 Å². The van der Waals surface area contributed by atoms with Gasteiger partial charge in [0.25, 0.3) is 0 Å². The molecule has 0 aliphatic heterocycles. The van der Waals surface area contributed by atoms with Crippen molar-refractivity contribution in [3.8, 4) is 0 Å². The summed E-state index contributed by atoms with van der Waals surface area (Å²) in [5.74, 6) is 0. The number of benzene rings is 2. The Morgan fingerprint density at radius 3 is 2.61 bits per heavy atom. The quantitative estimate of drug-likeness (QED) is 0.908. The van der Waals surface area contributed by atoms with Gasteiger partial charge in [-0.15, -0.1) is 0 Å². The van der Waals surface area contributed by atoms with Gasteiger partial charge in [0.15, 0.2) is 0 Å². The molecule has 2 nitrogen and oxygen atoms in total. The van der Waals surface area contributed by atoms with Gasteiger partial charge in [0.1, 0.15) is 0 Å². The van der Waals surface area contributed by atoms with Crippen LogP contribution in [0.1, 0.15) is 11.1 Å². The van der Waals surface area contributed by atoms with Crippen LogP contribution in [-0.4, -0.2) is 7.05 Å². The number of nitrogens with zero attached hydrogens (tertiary/aromatic N) is 1.